The molecule has 1 atom stereocenters. The van der Waals surface area contributed by atoms with Crippen molar-refractivity contribution in [1.82, 2.24) is 0 Å². The molecule has 1 aromatic carbocycles. The van der Waals surface area contributed by atoms with Gasteiger partial charge in [0.1, 0.15) is 0 Å². The van der Waals surface area contributed by atoms with Crippen LogP contribution >= 0.6 is 15.9 Å². The van der Waals surface area contributed by atoms with Crippen molar-refractivity contribution >= 4 is 15.9 Å². The highest BCUT2D eigenvalue weighted by molar-refractivity contribution is 9.10. The smallest absolute Gasteiger partial charge is 0.210 e. The number of hydrogen-bond donors (Lipinski definition) is 0. The largest absolute Gasteiger partial charge is 0.265 e. The Morgan fingerprint density at radius 1 is 1.46 bits per heavy atom. The number of halogens is 1. The van der Waals surface area contributed by atoms with Crippen LogP contribution in [0.5, 0.6) is 0 Å². The first kappa shape index (κ1) is 10.2. The van der Waals surface area contributed by atoms with Gasteiger partial charge in [0.15, 0.2) is 0 Å². The highest BCUT2D eigenvalue weighted by Crippen LogP contribution is 2.18. The molecule has 0 bridgehead atoms. The van der Waals surface area contributed by atoms with E-state index < -0.39 is 0 Å². The lowest BCUT2D eigenvalue weighted by Crippen LogP contribution is -2.09. The topological polar surface area (TPSA) is 43.1 Å². The zero-order chi connectivity index (χ0) is 9.84. The minimum absolute atomic E-state index is 0.0123. The van der Waals surface area contributed by atoms with Gasteiger partial charge in [-0.3, -0.25) is 10.1 Å². The molecule has 0 amide bonds. The summed E-state index contributed by atoms with van der Waals surface area (Å²) in [5, 5.41) is 10.2. The summed E-state index contributed by atoms with van der Waals surface area (Å²) in [5.74, 6) is -0.0249. The van der Waals surface area contributed by atoms with E-state index in [-0.39, 0.29) is 17.4 Å². The van der Waals surface area contributed by atoms with Crippen LogP contribution < -0.4 is 0 Å². The van der Waals surface area contributed by atoms with Gasteiger partial charge >= 0.3 is 0 Å². The van der Waals surface area contributed by atoms with Gasteiger partial charge < -0.3 is 0 Å². The zero-order valence-electron chi connectivity index (χ0n) is 7.24. The van der Waals surface area contributed by atoms with Gasteiger partial charge in [0.2, 0.25) is 6.54 Å². The molecule has 0 fully saturated rings. The third-order valence-electron chi connectivity index (χ3n) is 1.86. The van der Waals surface area contributed by atoms with E-state index in [1.54, 1.807) is 0 Å². The van der Waals surface area contributed by atoms with Crippen molar-refractivity contribution in [2.75, 3.05) is 6.54 Å². The Hall–Kier alpha value is -0.900. The van der Waals surface area contributed by atoms with Crippen molar-refractivity contribution in [3.8, 4) is 0 Å². The van der Waals surface area contributed by atoms with E-state index in [1.165, 1.54) is 0 Å². The molecule has 0 radical (unpaired) electrons. The number of rotatable bonds is 3. The highest BCUT2D eigenvalue weighted by Gasteiger charge is 2.10. The monoisotopic (exact) mass is 243 g/mol. The quantitative estimate of drug-likeness (QED) is 0.606. The molecule has 0 saturated heterocycles. The normalized spacial score (nSPS) is 12.5. The first-order valence-corrected chi connectivity index (χ1v) is 4.76. The molecular formula is C9H10BrNO2. The molecule has 0 aliphatic carbocycles. The van der Waals surface area contributed by atoms with Crippen molar-refractivity contribution in [3.05, 3.63) is 44.4 Å². The van der Waals surface area contributed by atoms with Crippen LogP contribution in [0.15, 0.2) is 28.7 Å². The summed E-state index contributed by atoms with van der Waals surface area (Å²) >= 11 is 3.31. The van der Waals surface area contributed by atoms with Gasteiger partial charge in [0.25, 0.3) is 0 Å². The molecule has 0 unspecified atom stereocenters. The summed E-state index contributed by atoms with van der Waals surface area (Å²) in [6.07, 6.45) is 0. The molecule has 0 saturated carbocycles. The molecule has 0 spiro atoms. The van der Waals surface area contributed by atoms with Crippen LogP contribution in [0.3, 0.4) is 0 Å². The van der Waals surface area contributed by atoms with E-state index in [2.05, 4.69) is 15.9 Å². The molecule has 4 heteroatoms. The number of hydrogen-bond acceptors (Lipinski definition) is 2. The summed E-state index contributed by atoms with van der Waals surface area (Å²) < 4.78 is 0.990. The molecular weight excluding hydrogens is 234 g/mol. The second kappa shape index (κ2) is 4.37. The van der Waals surface area contributed by atoms with Gasteiger partial charge in [-0.2, -0.15) is 0 Å². The minimum Gasteiger partial charge on any atom is -0.265 e. The van der Waals surface area contributed by atoms with Gasteiger partial charge in [-0.05, 0) is 17.7 Å². The fraction of sp³-hybridized carbons (Fsp3) is 0.333. The predicted molar refractivity (Wildman–Crippen MR) is 54.4 cm³/mol. The van der Waals surface area contributed by atoms with Crippen molar-refractivity contribution in [2.45, 2.75) is 12.8 Å². The first-order chi connectivity index (χ1) is 6.09. The number of benzene rings is 1. The average molecular weight is 244 g/mol. The fourth-order valence-electron chi connectivity index (χ4n) is 1.12. The molecule has 0 aliphatic heterocycles. The lowest BCUT2D eigenvalue weighted by molar-refractivity contribution is -0.482. The third kappa shape index (κ3) is 3.14. The molecule has 0 aliphatic rings. The Morgan fingerprint density at radius 3 is 2.46 bits per heavy atom. The van der Waals surface area contributed by atoms with Crippen LogP contribution in [0.1, 0.15) is 18.4 Å². The SMILES string of the molecule is C[C@@H](C[N+](=O)[O-])c1ccc(Br)cc1. The Labute approximate surface area is 85.0 Å². The van der Waals surface area contributed by atoms with Gasteiger partial charge in [-0.1, -0.05) is 35.0 Å². The fourth-order valence-corrected chi connectivity index (χ4v) is 1.38. The van der Waals surface area contributed by atoms with Crippen LogP contribution in [0, 0.1) is 10.1 Å². The van der Waals surface area contributed by atoms with E-state index in [4.69, 9.17) is 0 Å². The van der Waals surface area contributed by atoms with Crippen molar-refractivity contribution in [2.24, 2.45) is 0 Å². The lowest BCUT2D eigenvalue weighted by atomic mass is 10.0. The second-order valence-corrected chi connectivity index (χ2v) is 3.88. The van der Waals surface area contributed by atoms with Crippen LogP contribution in [0.25, 0.3) is 0 Å². The Balaban J connectivity index is 2.71. The van der Waals surface area contributed by atoms with E-state index in [1.807, 2.05) is 31.2 Å². The third-order valence-corrected chi connectivity index (χ3v) is 2.39. The summed E-state index contributed by atoms with van der Waals surface area (Å²) in [6.45, 7) is 1.84. The van der Waals surface area contributed by atoms with Crippen LogP contribution in [0.4, 0.5) is 0 Å². The highest BCUT2D eigenvalue weighted by atomic mass is 79.9. The molecule has 0 heterocycles. The van der Waals surface area contributed by atoms with Crippen molar-refractivity contribution < 1.29 is 4.92 Å². The predicted octanol–water partition coefficient (Wildman–Crippen LogP) is 2.83. The van der Waals surface area contributed by atoms with Crippen LogP contribution in [0.2, 0.25) is 0 Å². The first-order valence-electron chi connectivity index (χ1n) is 3.97. The molecule has 1 aromatic rings. The minimum atomic E-state index is -0.285. The van der Waals surface area contributed by atoms with Gasteiger partial charge in [-0.25, -0.2) is 0 Å². The molecule has 3 nitrogen and oxygen atoms in total. The molecule has 70 valence electrons. The van der Waals surface area contributed by atoms with Crippen molar-refractivity contribution in [1.29, 1.82) is 0 Å². The van der Waals surface area contributed by atoms with Crippen LogP contribution in [-0.2, 0) is 0 Å². The van der Waals surface area contributed by atoms with Gasteiger partial charge in [0.05, 0.1) is 0 Å². The van der Waals surface area contributed by atoms with E-state index in [0.29, 0.717) is 0 Å². The van der Waals surface area contributed by atoms with Crippen molar-refractivity contribution in [3.63, 3.8) is 0 Å². The average Bonchev–Trinajstić information content (AvgIpc) is 2.04. The second-order valence-electron chi connectivity index (χ2n) is 2.97. The summed E-state index contributed by atoms with van der Waals surface area (Å²) in [5.41, 5.74) is 1.000. The Bertz CT molecular complexity index is 297. The standard InChI is InChI=1S/C9H10BrNO2/c1-7(6-11(12)13)8-2-4-9(10)5-3-8/h2-5,7H,6H2,1H3/t7-/m0/s1. The summed E-state index contributed by atoms with van der Waals surface area (Å²) in [6, 6.07) is 7.59. The molecule has 1 rings (SSSR count). The number of nitro groups is 1. The van der Waals surface area contributed by atoms with E-state index in [0.717, 1.165) is 10.0 Å². The van der Waals surface area contributed by atoms with Gasteiger partial charge in [0, 0.05) is 15.3 Å². The van der Waals surface area contributed by atoms with Crippen LogP contribution in [-0.4, -0.2) is 11.5 Å². The van der Waals surface area contributed by atoms with E-state index in [9.17, 15) is 10.1 Å². The van der Waals surface area contributed by atoms with Gasteiger partial charge in [-0.15, -0.1) is 0 Å². The Kier molecular flexibility index (Phi) is 3.42. The number of nitrogens with zero attached hydrogens (tertiary/aromatic N) is 1. The zero-order valence-corrected chi connectivity index (χ0v) is 8.82. The lowest BCUT2D eigenvalue weighted by Gasteiger charge is -2.06. The molecule has 0 N–H and O–H groups in total. The summed E-state index contributed by atoms with van der Waals surface area (Å²) in [4.78, 5) is 9.96. The maximum Gasteiger partial charge on any atom is 0.210 e. The Morgan fingerprint density at radius 2 is 2.00 bits per heavy atom. The van der Waals surface area contributed by atoms with E-state index >= 15 is 0 Å². The maximum atomic E-state index is 10.2. The summed E-state index contributed by atoms with van der Waals surface area (Å²) in [7, 11) is 0. The molecule has 0 aromatic heterocycles. The molecule has 13 heavy (non-hydrogen) atoms. The maximum absolute atomic E-state index is 10.2.